The zero-order chi connectivity index (χ0) is 16.7. The number of nitriles is 1. The molecule has 1 N–H and O–H groups in total. The molecule has 0 fully saturated rings. The quantitative estimate of drug-likeness (QED) is 0.832. The SMILES string of the molecule is CCOc1ccc(OCC)c(NC(=O)Cn2cnc(C#N)n2)c1. The minimum absolute atomic E-state index is 0.0196. The summed E-state index contributed by atoms with van der Waals surface area (Å²) in [7, 11) is 0. The molecule has 0 aliphatic heterocycles. The molecule has 0 radical (unpaired) electrons. The van der Waals surface area contributed by atoms with Crippen LogP contribution in [0.2, 0.25) is 0 Å². The number of rotatable bonds is 7. The third-order valence-electron chi connectivity index (χ3n) is 2.78. The first kappa shape index (κ1) is 16.3. The Hall–Kier alpha value is -3.08. The first-order chi connectivity index (χ1) is 11.2. The van der Waals surface area contributed by atoms with Crippen LogP contribution < -0.4 is 14.8 Å². The van der Waals surface area contributed by atoms with Gasteiger partial charge in [0.05, 0.1) is 18.9 Å². The van der Waals surface area contributed by atoms with Gasteiger partial charge in [0.25, 0.3) is 5.82 Å². The number of carbonyl (C=O) groups excluding carboxylic acids is 1. The Morgan fingerprint density at radius 2 is 2.13 bits per heavy atom. The zero-order valence-electron chi connectivity index (χ0n) is 12.9. The number of hydrogen-bond acceptors (Lipinski definition) is 6. The maximum atomic E-state index is 12.1. The van der Waals surface area contributed by atoms with E-state index in [0.29, 0.717) is 30.4 Å². The van der Waals surface area contributed by atoms with Crippen molar-refractivity contribution < 1.29 is 14.3 Å². The average Bonchev–Trinajstić information content (AvgIpc) is 2.98. The topological polar surface area (TPSA) is 102 Å². The van der Waals surface area contributed by atoms with Gasteiger partial charge in [-0.3, -0.25) is 4.79 Å². The van der Waals surface area contributed by atoms with E-state index in [4.69, 9.17) is 14.7 Å². The van der Waals surface area contributed by atoms with Crippen molar-refractivity contribution >= 4 is 11.6 Å². The van der Waals surface area contributed by atoms with Crippen LogP contribution in [-0.2, 0) is 11.3 Å². The van der Waals surface area contributed by atoms with Gasteiger partial charge in [-0.15, -0.1) is 5.10 Å². The molecule has 2 aromatic rings. The van der Waals surface area contributed by atoms with Crippen molar-refractivity contribution in [2.75, 3.05) is 18.5 Å². The van der Waals surface area contributed by atoms with Gasteiger partial charge in [-0.05, 0) is 26.0 Å². The minimum Gasteiger partial charge on any atom is -0.494 e. The molecule has 1 aromatic heterocycles. The lowest BCUT2D eigenvalue weighted by Gasteiger charge is -2.13. The lowest BCUT2D eigenvalue weighted by molar-refractivity contribution is -0.116. The van der Waals surface area contributed by atoms with Crippen LogP contribution in [0.25, 0.3) is 0 Å². The second-order valence-corrected chi connectivity index (χ2v) is 4.45. The fourth-order valence-electron chi connectivity index (χ4n) is 1.90. The number of carbonyl (C=O) groups is 1. The molecule has 0 atom stereocenters. The number of hydrogen-bond donors (Lipinski definition) is 1. The van der Waals surface area contributed by atoms with Gasteiger partial charge in [-0.25, -0.2) is 9.67 Å². The van der Waals surface area contributed by atoms with E-state index in [1.165, 1.54) is 11.0 Å². The summed E-state index contributed by atoms with van der Waals surface area (Å²) in [6, 6.07) is 7.03. The minimum atomic E-state index is -0.311. The number of anilines is 1. The Morgan fingerprint density at radius 3 is 2.78 bits per heavy atom. The van der Waals surface area contributed by atoms with Gasteiger partial charge in [-0.2, -0.15) is 5.26 Å². The van der Waals surface area contributed by atoms with Gasteiger partial charge in [-0.1, -0.05) is 0 Å². The lowest BCUT2D eigenvalue weighted by atomic mass is 10.2. The highest BCUT2D eigenvalue weighted by Gasteiger charge is 2.11. The number of nitrogens with zero attached hydrogens (tertiary/aromatic N) is 4. The first-order valence-corrected chi connectivity index (χ1v) is 7.15. The van der Waals surface area contributed by atoms with E-state index in [9.17, 15) is 4.79 Å². The average molecular weight is 315 g/mol. The van der Waals surface area contributed by atoms with E-state index in [1.807, 2.05) is 13.8 Å². The van der Waals surface area contributed by atoms with Gasteiger partial charge < -0.3 is 14.8 Å². The fraction of sp³-hybridized carbons (Fsp3) is 0.333. The van der Waals surface area contributed by atoms with Crippen LogP contribution in [0, 0.1) is 11.3 Å². The van der Waals surface area contributed by atoms with E-state index in [-0.39, 0.29) is 18.3 Å². The van der Waals surface area contributed by atoms with E-state index >= 15 is 0 Å². The summed E-state index contributed by atoms with van der Waals surface area (Å²) in [6.45, 7) is 4.69. The van der Waals surface area contributed by atoms with Gasteiger partial charge in [0.2, 0.25) is 5.91 Å². The summed E-state index contributed by atoms with van der Waals surface area (Å²) in [5, 5.41) is 15.3. The monoisotopic (exact) mass is 315 g/mol. The number of nitrogens with one attached hydrogen (secondary N) is 1. The first-order valence-electron chi connectivity index (χ1n) is 7.15. The molecule has 1 heterocycles. The second kappa shape index (κ2) is 7.79. The Balaban J connectivity index is 2.11. The molecular weight excluding hydrogens is 298 g/mol. The predicted octanol–water partition coefficient (Wildman–Crippen LogP) is 1.59. The number of aromatic nitrogens is 3. The number of ether oxygens (including phenoxy) is 2. The van der Waals surface area contributed by atoms with Crippen molar-refractivity contribution in [3.8, 4) is 17.6 Å². The van der Waals surface area contributed by atoms with Gasteiger partial charge in [0.1, 0.15) is 30.4 Å². The van der Waals surface area contributed by atoms with Crippen molar-refractivity contribution in [3.05, 3.63) is 30.4 Å². The zero-order valence-corrected chi connectivity index (χ0v) is 12.9. The van der Waals surface area contributed by atoms with E-state index in [1.54, 1.807) is 24.3 Å². The number of benzene rings is 1. The van der Waals surface area contributed by atoms with Crippen LogP contribution in [0.1, 0.15) is 19.7 Å². The summed E-state index contributed by atoms with van der Waals surface area (Å²) in [4.78, 5) is 15.9. The summed E-state index contributed by atoms with van der Waals surface area (Å²) in [5.41, 5.74) is 0.517. The molecule has 8 nitrogen and oxygen atoms in total. The molecule has 0 aliphatic carbocycles. The highest BCUT2D eigenvalue weighted by atomic mass is 16.5. The third-order valence-corrected chi connectivity index (χ3v) is 2.78. The Morgan fingerprint density at radius 1 is 1.35 bits per heavy atom. The molecule has 0 bridgehead atoms. The lowest BCUT2D eigenvalue weighted by Crippen LogP contribution is -2.19. The van der Waals surface area contributed by atoms with Crippen molar-refractivity contribution in [1.82, 2.24) is 14.8 Å². The van der Waals surface area contributed by atoms with Crippen LogP contribution >= 0.6 is 0 Å². The maximum Gasteiger partial charge on any atom is 0.252 e. The van der Waals surface area contributed by atoms with Crippen LogP contribution in [0.4, 0.5) is 5.69 Å². The van der Waals surface area contributed by atoms with Crippen LogP contribution in [0.3, 0.4) is 0 Å². The Bertz CT molecular complexity index is 720. The standard InChI is InChI=1S/C15H17N5O3/c1-3-22-11-5-6-13(23-4-2)12(7-11)18-15(21)9-20-10-17-14(8-16)19-20/h5-7,10H,3-4,9H2,1-2H3,(H,18,21). The predicted molar refractivity (Wildman–Crippen MR) is 82.1 cm³/mol. The summed E-state index contributed by atoms with van der Waals surface area (Å²) >= 11 is 0. The molecule has 0 spiro atoms. The smallest absolute Gasteiger partial charge is 0.252 e. The molecule has 120 valence electrons. The fourth-order valence-corrected chi connectivity index (χ4v) is 1.90. The third kappa shape index (κ3) is 4.44. The molecule has 0 saturated heterocycles. The largest absolute Gasteiger partial charge is 0.494 e. The molecule has 2 rings (SSSR count). The van der Waals surface area contributed by atoms with E-state index in [0.717, 1.165) is 0 Å². The molecule has 0 saturated carbocycles. The summed E-state index contributed by atoms with van der Waals surface area (Å²) < 4.78 is 12.2. The van der Waals surface area contributed by atoms with E-state index in [2.05, 4.69) is 15.4 Å². The van der Waals surface area contributed by atoms with E-state index < -0.39 is 0 Å². The second-order valence-electron chi connectivity index (χ2n) is 4.45. The van der Waals surface area contributed by atoms with Gasteiger partial charge in [0, 0.05) is 6.07 Å². The molecular formula is C15H17N5O3. The van der Waals surface area contributed by atoms with Crippen LogP contribution in [-0.4, -0.2) is 33.9 Å². The van der Waals surface area contributed by atoms with Gasteiger partial charge >= 0.3 is 0 Å². The van der Waals surface area contributed by atoms with Crippen molar-refractivity contribution in [3.63, 3.8) is 0 Å². The molecule has 23 heavy (non-hydrogen) atoms. The molecule has 1 aromatic carbocycles. The molecule has 0 unspecified atom stereocenters. The summed E-state index contributed by atoms with van der Waals surface area (Å²) in [6.07, 6.45) is 1.33. The highest BCUT2D eigenvalue weighted by molar-refractivity contribution is 5.92. The van der Waals surface area contributed by atoms with Crippen molar-refractivity contribution in [2.24, 2.45) is 0 Å². The van der Waals surface area contributed by atoms with Crippen LogP contribution in [0.15, 0.2) is 24.5 Å². The Kier molecular flexibility index (Phi) is 5.52. The van der Waals surface area contributed by atoms with Crippen molar-refractivity contribution in [1.29, 1.82) is 5.26 Å². The van der Waals surface area contributed by atoms with Gasteiger partial charge in [0.15, 0.2) is 0 Å². The number of amides is 1. The molecule has 8 heteroatoms. The molecule has 0 aliphatic rings. The van der Waals surface area contributed by atoms with Crippen molar-refractivity contribution in [2.45, 2.75) is 20.4 Å². The maximum absolute atomic E-state index is 12.1. The normalized spacial score (nSPS) is 9.96. The summed E-state index contributed by atoms with van der Waals surface area (Å²) in [5.74, 6) is 0.902. The van der Waals surface area contributed by atoms with Crippen LogP contribution in [0.5, 0.6) is 11.5 Å². The Labute approximate surface area is 133 Å². The highest BCUT2D eigenvalue weighted by Crippen LogP contribution is 2.29. The molecule has 1 amide bonds.